The number of hydrogen-bond acceptors (Lipinski definition) is 3. The minimum atomic E-state index is -2.39. The largest absolute Gasteiger partial charge is 0.504 e. The van der Waals surface area contributed by atoms with Crippen molar-refractivity contribution in [3.63, 3.8) is 0 Å². The Balaban J connectivity index is 2.92. The Morgan fingerprint density at radius 1 is 0.833 bits per heavy atom. The van der Waals surface area contributed by atoms with Crippen LogP contribution in [0.25, 0.3) is 17.2 Å². The predicted molar refractivity (Wildman–Crippen MR) is 71.7 cm³/mol. The number of phenols is 2. The number of halogens is 5. The van der Waals surface area contributed by atoms with E-state index in [1.165, 1.54) is 0 Å². The van der Waals surface area contributed by atoms with Crippen molar-refractivity contribution in [3.8, 4) is 22.6 Å². The van der Waals surface area contributed by atoms with Crippen molar-refractivity contribution >= 4 is 12.0 Å². The highest BCUT2D eigenvalue weighted by molar-refractivity contribution is 5.90. The van der Waals surface area contributed by atoms with Crippen molar-refractivity contribution in [3.05, 3.63) is 52.9 Å². The number of benzene rings is 2. The van der Waals surface area contributed by atoms with Gasteiger partial charge in [0.2, 0.25) is 5.82 Å². The monoisotopic (exact) mass is 346 g/mol. The third kappa shape index (κ3) is 2.75. The Morgan fingerprint density at radius 3 is 1.83 bits per heavy atom. The van der Waals surface area contributed by atoms with Gasteiger partial charge in [0.25, 0.3) is 0 Å². The standard InChI is InChI=1S/C15H7F5O4/c16-10-9(11(17)13(19)14(20)12(10)18)8-5(2-4-7(22)23)1-3-6(21)15(8)24/h1-4,21,24H,(H,22,23). The number of phenolic OH excluding ortho intramolecular Hbond substituents is 2. The maximum Gasteiger partial charge on any atom is 0.328 e. The molecule has 0 unspecified atom stereocenters. The molecule has 0 bridgehead atoms. The van der Waals surface area contributed by atoms with Gasteiger partial charge >= 0.3 is 5.97 Å². The average molecular weight is 346 g/mol. The SMILES string of the molecule is O=C(O)C=Cc1ccc(O)c(O)c1-c1c(F)c(F)c(F)c(F)c1F. The molecule has 4 nitrogen and oxygen atoms in total. The first-order valence-corrected chi connectivity index (χ1v) is 6.14. The zero-order valence-electron chi connectivity index (χ0n) is 11.4. The molecular weight excluding hydrogens is 339 g/mol. The molecule has 0 heterocycles. The summed E-state index contributed by atoms with van der Waals surface area (Å²) in [5.41, 5.74) is -2.83. The summed E-state index contributed by atoms with van der Waals surface area (Å²) < 4.78 is 67.7. The number of carboxylic acids is 1. The van der Waals surface area contributed by atoms with Crippen LogP contribution in [0.5, 0.6) is 11.5 Å². The lowest BCUT2D eigenvalue weighted by Gasteiger charge is -2.13. The van der Waals surface area contributed by atoms with Crippen LogP contribution in [0, 0.1) is 29.1 Å². The molecule has 0 aliphatic rings. The van der Waals surface area contributed by atoms with E-state index in [2.05, 4.69) is 0 Å². The zero-order chi connectivity index (χ0) is 18.2. The third-order valence-corrected chi connectivity index (χ3v) is 3.05. The van der Waals surface area contributed by atoms with Crippen LogP contribution in [0.2, 0.25) is 0 Å². The van der Waals surface area contributed by atoms with Gasteiger partial charge in [0.05, 0.1) is 5.56 Å². The maximum absolute atomic E-state index is 13.9. The Hall–Kier alpha value is -3.10. The Labute approximate surface area is 130 Å². The average Bonchev–Trinajstić information content (AvgIpc) is 2.54. The summed E-state index contributed by atoms with van der Waals surface area (Å²) in [5.74, 6) is -14.9. The van der Waals surface area contributed by atoms with E-state index in [1.807, 2.05) is 0 Å². The molecule has 2 rings (SSSR count). The van der Waals surface area contributed by atoms with Gasteiger partial charge in [-0.1, -0.05) is 6.07 Å². The van der Waals surface area contributed by atoms with Gasteiger partial charge < -0.3 is 15.3 Å². The number of carboxylic acid groups (broad SMARTS) is 1. The fourth-order valence-electron chi connectivity index (χ4n) is 1.98. The predicted octanol–water partition coefficient (Wildman–Crippen LogP) is 3.56. The number of aliphatic carboxylic acids is 1. The molecule has 0 aliphatic heterocycles. The summed E-state index contributed by atoms with van der Waals surface area (Å²) in [6.07, 6.45) is 1.27. The molecule has 126 valence electrons. The number of hydrogen-bond donors (Lipinski definition) is 3. The van der Waals surface area contributed by atoms with E-state index in [4.69, 9.17) is 5.11 Å². The number of aromatic hydroxyl groups is 2. The van der Waals surface area contributed by atoms with E-state index >= 15 is 0 Å². The quantitative estimate of drug-likeness (QED) is 0.261. The second-order valence-electron chi connectivity index (χ2n) is 4.51. The van der Waals surface area contributed by atoms with Crippen LogP contribution in [-0.2, 0) is 4.79 Å². The van der Waals surface area contributed by atoms with Crippen molar-refractivity contribution in [1.29, 1.82) is 0 Å². The third-order valence-electron chi connectivity index (χ3n) is 3.05. The van der Waals surface area contributed by atoms with E-state index < -0.39 is 63.2 Å². The summed E-state index contributed by atoms with van der Waals surface area (Å²) in [7, 11) is 0. The Kier molecular flexibility index (Phi) is 4.45. The number of rotatable bonds is 3. The maximum atomic E-state index is 13.9. The fraction of sp³-hybridized carbons (Fsp3) is 0. The first-order valence-electron chi connectivity index (χ1n) is 6.14. The molecule has 0 aliphatic carbocycles. The van der Waals surface area contributed by atoms with Crippen LogP contribution < -0.4 is 0 Å². The topological polar surface area (TPSA) is 77.8 Å². The van der Waals surface area contributed by atoms with Gasteiger partial charge in [0.1, 0.15) is 0 Å². The number of carbonyl (C=O) groups is 1. The van der Waals surface area contributed by atoms with Crippen LogP contribution in [0.4, 0.5) is 22.0 Å². The van der Waals surface area contributed by atoms with Gasteiger partial charge in [-0.05, 0) is 17.7 Å². The van der Waals surface area contributed by atoms with E-state index in [0.717, 1.165) is 18.2 Å². The molecular formula is C15H7F5O4. The van der Waals surface area contributed by atoms with Crippen molar-refractivity contribution in [2.24, 2.45) is 0 Å². The van der Waals surface area contributed by atoms with Crippen LogP contribution in [0.15, 0.2) is 18.2 Å². The highest BCUT2D eigenvalue weighted by Gasteiger charge is 2.29. The summed E-state index contributed by atoms with van der Waals surface area (Å²) in [5, 5.41) is 27.8. The molecule has 0 aromatic heterocycles. The van der Waals surface area contributed by atoms with Crippen molar-refractivity contribution < 1.29 is 42.1 Å². The summed E-state index contributed by atoms with van der Waals surface area (Å²) in [6, 6.07) is 1.79. The van der Waals surface area contributed by atoms with Crippen LogP contribution in [0.3, 0.4) is 0 Å². The van der Waals surface area contributed by atoms with Gasteiger partial charge in [-0.15, -0.1) is 0 Å². The van der Waals surface area contributed by atoms with E-state index in [9.17, 15) is 37.0 Å². The lowest BCUT2D eigenvalue weighted by Crippen LogP contribution is -2.05. The minimum absolute atomic E-state index is 0.393. The first kappa shape index (κ1) is 17.3. The summed E-state index contributed by atoms with van der Waals surface area (Å²) >= 11 is 0. The molecule has 9 heteroatoms. The molecule has 2 aromatic carbocycles. The summed E-state index contributed by atoms with van der Waals surface area (Å²) in [4.78, 5) is 10.5. The lowest BCUT2D eigenvalue weighted by atomic mass is 9.96. The van der Waals surface area contributed by atoms with Crippen LogP contribution in [0.1, 0.15) is 5.56 Å². The Bertz CT molecular complexity index is 848. The first-order chi connectivity index (χ1) is 11.2. The van der Waals surface area contributed by atoms with Gasteiger partial charge in [-0.25, -0.2) is 26.7 Å². The fourth-order valence-corrected chi connectivity index (χ4v) is 1.98. The minimum Gasteiger partial charge on any atom is -0.504 e. The van der Waals surface area contributed by atoms with Gasteiger partial charge in [-0.3, -0.25) is 0 Å². The molecule has 0 fully saturated rings. The van der Waals surface area contributed by atoms with Gasteiger partial charge in [0.15, 0.2) is 34.8 Å². The second kappa shape index (κ2) is 6.19. The second-order valence-corrected chi connectivity index (χ2v) is 4.51. The van der Waals surface area contributed by atoms with E-state index in [0.29, 0.717) is 6.08 Å². The van der Waals surface area contributed by atoms with E-state index in [1.54, 1.807) is 0 Å². The van der Waals surface area contributed by atoms with Crippen LogP contribution >= 0.6 is 0 Å². The molecule has 3 N–H and O–H groups in total. The molecule has 24 heavy (non-hydrogen) atoms. The smallest absolute Gasteiger partial charge is 0.328 e. The highest BCUT2D eigenvalue weighted by atomic mass is 19.2. The molecule has 0 saturated heterocycles. The van der Waals surface area contributed by atoms with Crippen molar-refractivity contribution in [2.45, 2.75) is 0 Å². The highest BCUT2D eigenvalue weighted by Crippen LogP contribution is 2.43. The van der Waals surface area contributed by atoms with Gasteiger partial charge in [0, 0.05) is 11.6 Å². The molecule has 2 aromatic rings. The van der Waals surface area contributed by atoms with Gasteiger partial charge in [-0.2, -0.15) is 0 Å². The molecule has 0 spiro atoms. The lowest BCUT2D eigenvalue weighted by molar-refractivity contribution is -0.131. The zero-order valence-corrected chi connectivity index (χ0v) is 11.4. The van der Waals surface area contributed by atoms with Crippen molar-refractivity contribution in [1.82, 2.24) is 0 Å². The van der Waals surface area contributed by atoms with Crippen molar-refractivity contribution in [2.75, 3.05) is 0 Å². The normalized spacial score (nSPS) is 11.2. The molecule has 0 atom stereocenters. The van der Waals surface area contributed by atoms with Crippen LogP contribution in [-0.4, -0.2) is 21.3 Å². The molecule has 0 amide bonds. The molecule has 0 radical (unpaired) electrons. The molecule has 0 saturated carbocycles. The van der Waals surface area contributed by atoms with E-state index in [-0.39, 0.29) is 0 Å². The summed E-state index contributed by atoms with van der Waals surface area (Å²) in [6.45, 7) is 0. The Morgan fingerprint density at radius 2 is 1.33 bits per heavy atom.